The van der Waals surface area contributed by atoms with Crippen LogP contribution in [0.5, 0.6) is 0 Å². The third-order valence-corrected chi connectivity index (χ3v) is 3.98. The number of anilines is 2. The second kappa shape index (κ2) is 6.10. The van der Waals surface area contributed by atoms with Crippen molar-refractivity contribution in [1.82, 2.24) is 9.97 Å². The number of rotatable bonds is 5. The minimum Gasteiger partial charge on any atom is -0.368 e. The normalized spacial score (nSPS) is 12.6. The molecule has 0 bridgehead atoms. The first-order valence-electron chi connectivity index (χ1n) is 6.37. The van der Waals surface area contributed by atoms with Crippen molar-refractivity contribution >= 4 is 34.4 Å². The molecule has 0 fully saturated rings. The molecule has 0 aliphatic rings. The van der Waals surface area contributed by atoms with Crippen molar-refractivity contribution in [2.75, 3.05) is 29.7 Å². The van der Waals surface area contributed by atoms with Gasteiger partial charge in [0.1, 0.15) is 5.82 Å². The third-order valence-electron chi connectivity index (χ3n) is 3.34. The molecule has 0 saturated carbocycles. The van der Waals surface area contributed by atoms with Gasteiger partial charge >= 0.3 is 0 Å². The van der Waals surface area contributed by atoms with E-state index in [1.165, 1.54) is 0 Å². The molecular formula is C14H20N4S. The summed E-state index contributed by atoms with van der Waals surface area (Å²) in [6.07, 6.45) is 3.25. The number of nitrogens with two attached hydrogens (primary N) is 1. The summed E-state index contributed by atoms with van der Waals surface area (Å²) in [5, 5.41) is 1.05. The van der Waals surface area contributed by atoms with Crippen LogP contribution in [-0.4, -0.2) is 35.1 Å². The minimum atomic E-state index is 0.331. The monoisotopic (exact) mass is 276 g/mol. The van der Waals surface area contributed by atoms with Gasteiger partial charge in [0.25, 0.3) is 0 Å². The molecule has 0 saturated heterocycles. The Morgan fingerprint density at radius 2 is 2.05 bits per heavy atom. The standard InChI is InChI=1S/C14H20N4S/c1-10(8-9-19-3)18(2)13-11-6-4-5-7-12(11)16-14(15)17-13/h4-7,10H,8-9H2,1-3H3,(H2,15,16,17). The summed E-state index contributed by atoms with van der Waals surface area (Å²) in [6.45, 7) is 2.21. The van der Waals surface area contributed by atoms with E-state index in [1.54, 1.807) is 0 Å². The lowest BCUT2D eigenvalue weighted by Gasteiger charge is -2.27. The fourth-order valence-corrected chi connectivity index (χ4v) is 2.61. The maximum atomic E-state index is 5.81. The molecule has 2 N–H and O–H groups in total. The Bertz CT molecular complexity index is 558. The van der Waals surface area contributed by atoms with Gasteiger partial charge in [-0.3, -0.25) is 0 Å². The van der Waals surface area contributed by atoms with Crippen LogP contribution in [0.1, 0.15) is 13.3 Å². The minimum absolute atomic E-state index is 0.331. The molecule has 1 atom stereocenters. The van der Waals surface area contributed by atoms with Gasteiger partial charge in [-0.2, -0.15) is 16.7 Å². The second-order valence-electron chi connectivity index (χ2n) is 4.66. The van der Waals surface area contributed by atoms with Gasteiger partial charge in [0.05, 0.1) is 5.52 Å². The number of benzene rings is 1. The third kappa shape index (κ3) is 3.10. The van der Waals surface area contributed by atoms with Crippen LogP contribution >= 0.6 is 11.8 Å². The topological polar surface area (TPSA) is 55.0 Å². The van der Waals surface area contributed by atoms with Crippen LogP contribution in [0.15, 0.2) is 24.3 Å². The lowest BCUT2D eigenvalue weighted by Crippen LogP contribution is -2.30. The van der Waals surface area contributed by atoms with E-state index >= 15 is 0 Å². The van der Waals surface area contributed by atoms with E-state index in [0.717, 1.165) is 28.9 Å². The number of nitrogens with zero attached hydrogens (tertiary/aromatic N) is 3. The van der Waals surface area contributed by atoms with Gasteiger partial charge in [-0.25, -0.2) is 4.98 Å². The average Bonchev–Trinajstić information content (AvgIpc) is 2.42. The number of fused-ring (bicyclic) bond motifs is 1. The van der Waals surface area contributed by atoms with E-state index in [2.05, 4.69) is 35.1 Å². The van der Waals surface area contributed by atoms with Crippen LogP contribution in [0.4, 0.5) is 11.8 Å². The molecule has 0 aliphatic heterocycles. The zero-order valence-corrected chi connectivity index (χ0v) is 12.4. The van der Waals surface area contributed by atoms with Crippen LogP contribution in [0.25, 0.3) is 10.9 Å². The molecule has 1 heterocycles. The first-order chi connectivity index (χ1) is 9.13. The Hall–Kier alpha value is -1.49. The van der Waals surface area contributed by atoms with Crippen LogP contribution in [0.3, 0.4) is 0 Å². The first-order valence-corrected chi connectivity index (χ1v) is 7.77. The van der Waals surface area contributed by atoms with Crippen molar-refractivity contribution in [3.05, 3.63) is 24.3 Å². The Morgan fingerprint density at radius 3 is 2.79 bits per heavy atom. The molecule has 102 valence electrons. The van der Waals surface area contributed by atoms with Gasteiger partial charge in [0.15, 0.2) is 0 Å². The van der Waals surface area contributed by atoms with E-state index in [9.17, 15) is 0 Å². The highest BCUT2D eigenvalue weighted by atomic mass is 32.2. The van der Waals surface area contributed by atoms with Crippen LogP contribution in [-0.2, 0) is 0 Å². The summed E-state index contributed by atoms with van der Waals surface area (Å²) in [4.78, 5) is 10.9. The van der Waals surface area contributed by atoms with E-state index in [4.69, 9.17) is 5.73 Å². The zero-order chi connectivity index (χ0) is 13.8. The molecule has 1 aromatic carbocycles. The highest BCUT2D eigenvalue weighted by Gasteiger charge is 2.15. The predicted molar refractivity (Wildman–Crippen MR) is 84.8 cm³/mol. The lowest BCUT2D eigenvalue weighted by atomic mass is 10.2. The first kappa shape index (κ1) is 13.9. The van der Waals surface area contributed by atoms with Gasteiger partial charge in [-0.05, 0) is 37.5 Å². The zero-order valence-electron chi connectivity index (χ0n) is 11.6. The van der Waals surface area contributed by atoms with Crippen LogP contribution in [0, 0.1) is 0 Å². The van der Waals surface area contributed by atoms with E-state index in [1.807, 2.05) is 36.0 Å². The molecular weight excluding hydrogens is 256 g/mol. The second-order valence-corrected chi connectivity index (χ2v) is 5.65. The van der Waals surface area contributed by atoms with E-state index in [0.29, 0.717) is 12.0 Å². The highest BCUT2D eigenvalue weighted by Crippen LogP contribution is 2.25. The number of thioether (sulfide) groups is 1. The molecule has 4 nitrogen and oxygen atoms in total. The summed E-state index contributed by atoms with van der Waals surface area (Å²) in [5.41, 5.74) is 6.71. The Labute approximate surface area is 118 Å². The summed E-state index contributed by atoms with van der Waals surface area (Å²) in [6, 6.07) is 8.41. The highest BCUT2D eigenvalue weighted by molar-refractivity contribution is 7.98. The van der Waals surface area contributed by atoms with Crippen molar-refractivity contribution < 1.29 is 0 Å². The molecule has 2 aromatic rings. The SMILES string of the molecule is CSCCC(C)N(C)c1nc(N)nc2ccccc12. The molecule has 1 unspecified atom stereocenters. The van der Waals surface area contributed by atoms with Crippen LogP contribution < -0.4 is 10.6 Å². The maximum absolute atomic E-state index is 5.81. The van der Waals surface area contributed by atoms with Crippen LogP contribution in [0.2, 0.25) is 0 Å². The smallest absolute Gasteiger partial charge is 0.222 e. The summed E-state index contributed by atoms with van der Waals surface area (Å²) in [5.74, 6) is 2.39. The van der Waals surface area contributed by atoms with Gasteiger partial charge in [0, 0.05) is 18.5 Å². The fraction of sp³-hybridized carbons (Fsp3) is 0.429. The number of hydrogen-bond acceptors (Lipinski definition) is 5. The lowest BCUT2D eigenvalue weighted by molar-refractivity contribution is 0.664. The predicted octanol–water partition coefficient (Wildman–Crippen LogP) is 2.79. The molecule has 1 aromatic heterocycles. The molecule has 0 spiro atoms. The van der Waals surface area contributed by atoms with E-state index < -0.39 is 0 Å². The summed E-state index contributed by atoms with van der Waals surface area (Å²) >= 11 is 1.87. The number of hydrogen-bond donors (Lipinski definition) is 1. The maximum Gasteiger partial charge on any atom is 0.222 e. The van der Waals surface area contributed by atoms with Gasteiger partial charge < -0.3 is 10.6 Å². The molecule has 0 radical (unpaired) electrons. The molecule has 5 heteroatoms. The Balaban J connectivity index is 2.38. The summed E-state index contributed by atoms with van der Waals surface area (Å²) in [7, 11) is 2.07. The van der Waals surface area contributed by atoms with Crippen molar-refractivity contribution in [2.24, 2.45) is 0 Å². The number of aromatic nitrogens is 2. The molecule has 0 aliphatic carbocycles. The fourth-order valence-electron chi connectivity index (χ4n) is 2.04. The largest absolute Gasteiger partial charge is 0.368 e. The molecule has 2 rings (SSSR count). The summed E-state index contributed by atoms with van der Waals surface area (Å²) < 4.78 is 0. The van der Waals surface area contributed by atoms with Crippen molar-refractivity contribution in [1.29, 1.82) is 0 Å². The van der Waals surface area contributed by atoms with Gasteiger partial charge in [0.2, 0.25) is 5.95 Å². The quantitative estimate of drug-likeness (QED) is 0.910. The average molecular weight is 276 g/mol. The van der Waals surface area contributed by atoms with Gasteiger partial charge in [-0.1, -0.05) is 12.1 Å². The van der Waals surface area contributed by atoms with Crippen molar-refractivity contribution in [3.63, 3.8) is 0 Å². The van der Waals surface area contributed by atoms with E-state index in [-0.39, 0.29) is 0 Å². The van der Waals surface area contributed by atoms with Crippen molar-refractivity contribution in [2.45, 2.75) is 19.4 Å². The van der Waals surface area contributed by atoms with Gasteiger partial charge in [-0.15, -0.1) is 0 Å². The molecule has 0 amide bonds. The number of para-hydroxylation sites is 1. The van der Waals surface area contributed by atoms with Crippen molar-refractivity contribution in [3.8, 4) is 0 Å². The number of nitrogen functional groups attached to an aromatic ring is 1. The Kier molecular flexibility index (Phi) is 4.47. The molecule has 19 heavy (non-hydrogen) atoms. The Morgan fingerprint density at radius 1 is 1.32 bits per heavy atom.